The van der Waals surface area contributed by atoms with Gasteiger partial charge in [-0.15, -0.1) is 0 Å². The summed E-state index contributed by atoms with van der Waals surface area (Å²) in [6, 6.07) is 9.21. The minimum atomic E-state index is -1.14. The van der Waals surface area contributed by atoms with E-state index in [2.05, 4.69) is 9.97 Å². The largest absolute Gasteiger partial charge is 0.475 e. The molecule has 0 aliphatic rings. The Labute approximate surface area is 120 Å². The highest BCUT2D eigenvalue weighted by Crippen LogP contribution is 2.24. The van der Waals surface area contributed by atoms with E-state index in [0.29, 0.717) is 17.9 Å². The van der Waals surface area contributed by atoms with Crippen LogP contribution in [-0.2, 0) is 6.54 Å². The summed E-state index contributed by atoms with van der Waals surface area (Å²) in [6.07, 6.45) is 3.25. The Bertz CT molecular complexity index is 784. The lowest BCUT2D eigenvalue weighted by Gasteiger charge is -2.19. The first-order chi connectivity index (χ1) is 10.1. The number of aromatic nitrogens is 2. The van der Waals surface area contributed by atoms with Crippen molar-refractivity contribution in [3.8, 4) is 0 Å². The second-order valence-electron chi connectivity index (χ2n) is 4.68. The zero-order valence-corrected chi connectivity index (χ0v) is 11.4. The predicted molar refractivity (Wildman–Crippen MR) is 77.3 cm³/mol. The van der Waals surface area contributed by atoms with Gasteiger partial charge in [-0.25, -0.2) is 14.8 Å². The summed E-state index contributed by atoms with van der Waals surface area (Å²) in [5.41, 5.74) is 1.59. The Balaban J connectivity index is 2.08. The maximum atomic E-state index is 11.2. The molecule has 1 N–H and O–H groups in total. The summed E-state index contributed by atoms with van der Waals surface area (Å²) >= 11 is 0. The second kappa shape index (κ2) is 5.24. The van der Waals surface area contributed by atoms with Gasteiger partial charge in [-0.05, 0) is 18.2 Å². The van der Waals surface area contributed by atoms with Gasteiger partial charge < -0.3 is 14.4 Å². The van der Waals surface area contributed by atoms with Crippen LogP contribution in [-0.4, -0.2) is 28.1 Å². The van der Waals surface area contributed by atoms with Crippen molar-refractivity contribution in [3.05, 3.63) is 54.2 Å². The van der Waals surface area contributed by atoms with Gasteiger partial charge in [-0.3, -0.25) is 0 Å². The van der Waals surface area contributed by atoms with E-state index in [1.807, 2.05) is 36.2 Å². The highest BCUT2D eigenvalue weighted by molar-refractivity contribution is 5.93. The van der Waals surface area contributed by atoms with Crippen LogP contribution in [0.5, 0.6) is 0 Å². The molecule has 2 heterocycles. The smallest absolute Gasteiger partial charge is 0.374 e. The monoisotopic (exact) mass is 283 g/mol. The fraction of sp³-hybridized carbons (Fsp3) is 0.133. The standard InChI is InChI=1S/C15H13N3O3/c1-18(8-10-6-7-21-9-10)14-11-4-2-3-5-12(11)16-13(17-14)15(19)20/h2-7,9H,8H2,1H3,(H,19,20). The molecule has 0 aliphatic heterocycles. The number of hydrogen-bond donors (Lipinski definition) is 1. The van der Waals surface area contributed by atoms with Gasteiger partial charge in [0.05, 0.1) is 18.0 Å². The SMILES string of the molecule is CN(Cc1ccoc1)c1nc(C(=O)O)nc2ccccc12. The van der Waals surface area contributed by atoms with Gasteiger partial charge >= 0.3 is 5.97 Å². The predicted octanol–water partition coefficient (Wildman–Crippen LogP) is 2.56. The maximum absolute atomic E-state index is 11.2. The first-order valence-corrected chi connectivity index (χ1v) is 6.37. The molecule has 21 heavy (non-hydrogen) atoms. The van der Waals surface area contributed by atoms with Gasteiger partial charge in [0.15, 0.2) is 0 Å². The highest BCUT2D eigenvalue weighted by Gasteiger charge is 2.15. The fourth-order valence-corrected chi connectivity index (χ4v) is 2.18. The third-order valence-electron chi connectivity index (χ3n) is 3.14. The Kier molecular flexibility index (Phi) is 3.27. The molecule has 6 heteroatoms. The van der Waals surface area contributed by atoms with Crippen LogP contribution in [0.1, 0.15) is 16.2 Å². The molecule has 106 valence electrons. The van der Waals surface area contributed by atoms with Crippen LogP contribution in [0.15, 0.2) is 47.3 Å². The molecule has 0 atom stereocenters. The quantitative estimate of drug-likeness (QED) is 0.792. The van der Waals surface area contributed by atoms with Gasteiger partial charge in [0.2, 0.25) is 5.82 Å². The number of aromatic carboxylic acids is 1. The number of fused-ring (bicyclic) bond motifs is 1. The summed E-state index contributed by atoms with van der Waals surface area (Å²) < 4.78 is 5.05. The Morgan fingerprint density at radius 1 is 1.29 bits per heavy atom. The van der Waals surface area contributed by atoms with Gasteiger partial charge in [-0.1, -0.05) is 12.1 Å². The molecule has 0 radical (unpaired) electrons. The normalized spacial score (nSPS) is 10.7. The van der Waals surface area contributed by atoms with Crippen molar-refractivity contribution in [1.82, 2.24) is 9.97 Å². The lowest BCUT2D eigenvalue weighted by Crippen LogP contribution is -2.19. The average Bonchev–Trinajstić information content (AvgIpc) is 2.98. The lowest BCUT2D eigenvalue weighted by atomic mass is 10.2. The average molecular weight is 283 g/mol. The number of benzene rings is 1. The van der Waals surface area contributed by atoms with E-state index in [1.54, 1.807) is 18.6 Å². The summed E-state index contributed by atoms with van der Waals surface area (Å²) in [6.45, 7) is 0.566. The number of rotatable bonds is 4. The molecular weight excluding hydrogens is 270 g/mol. The van der Waals surface area contributed by atoms with E-state index < -0.39 is 5.97 Å². The number of carboxylic acid groups (broad SMARTS) is 1. The van der Waals surface area contributed by atoms with Crippen molar-refractivity contribution < 1.29 is 14.3 Å². The van der Waals surface area contributed by atoms with Crippen LogP contribution in [0.2, 0.25) is 0 Å². The van der Waals surface area contributed by atoms with Gasteiger partial charge in [0, 0.05) is 24.5 Å². The molecule has 0 unspecified atom stereocenters. The van der Waals surface area contributed by atoms with Crippen LogP contribution < -0.4 is 4.90 Å². The van der Waals surface area contributed by atoms with E-state index in [4.69, 9.17) is 9.52 Å². The molecule has 2 aromatic heterocycles. The third kappa shape index (κ3) is 2.55. The molecular formula is C15H13N3O3. The number of anilines is 1. The van der Waals surface area contributed by atoms with Crippen molar-refractivity contribution in [2.24, 2.45) is 0 Å². The van der Waals surface area contributed by atoms with Gasteiger partial charge in [-0.2, -0.15) is 0 Å². The number of hydrogen-bond acceptors (Lipinski definition) is 5. The van der Waals surface area contributed by atoms with Crippen molar-refractivity contribution in [2.75, 3.05) is 11.9 Å². The topological polar surface area (TPSA) is 79.5 Å². The molecule has 1 aromatic carbocycles. The second-order valence-corrected chi connectivity index (χ2v) is 4.68. The van der Waals surface area contributed by atoms with E-state index in [-0.39, 0.29) is 5.82 Å². The Hall–Kier alpha value is -2.89. The zero-order chi connectivity index (χ0) is 14.8. The number of carbonyl (C=O) groups is 1. The molecule has 0 saturated carbocycles. The first-order valence-electron chi connectivity index (χ1n) is 6.37. The molecule has 0 bridgehead atoms. The highest BCUT2D eigenvalue weighted by atomic mass is 16.4. The van der Waals surface area contributed by atoms with Crippen molar-refractivity contribution in [3.63, 3.8) is 0 Å². The molecule has 0 saturated heterocycles. The van der Waals surface area contributed by atoms with Crippen molar-refractivity contribution in [1.29, 1.82) is 0 Å². The minimum absolute atomic E-state index is 0.206. The summed E-state index contributed by atoms with van der Waals surface area (Å²) in [7, 11) is 1.85. The molecule has 3 rings (SSSR count). The first kappa shape index (κ1) is 13.1. The van der Waals surface area contributed by atoms with Crippen LogP contribution in [0.25, 0.3) is 10.9 Å². The Morgan fingerprint density at radius 3 is 2.81 bits per heavy atom. The minimum Gasteiger partial charge on any atom is -0.475 e. The van der Waals surface area contributed by atoms with Crippen molar-refractivity contribution in [2.45, 2.75) is 6.54 Å². The zero-order valence-electron chi connectivity index (χ0n) is 11.4. The molecule has 3 aromatic rings. The Morgan fingerprint density at radius 2 is 2.10 bits per heavy atom. The maximum Gasteiger partial charge on any atom is 0.374 e. The van der Waals surface area contributed by atoms with Crippen molar-refractivity contribution >= 4 is 22.7 Å². The van der Waals surface area contributed by atoms with E-state index in [9.17, 15) is 4.79 Å². The molecule has 0 aliphatic carbocycles. The molecule has 0 fully saturated rings. The molecule has 0 spiro atoms. The van der Waals surface area contributed by atoms with Crippen LogP contribution in [0.4, 0.5) is 5.82 Å². The van der Waals surface area contributed by atoms with E-state index >= 15 is 0 Å². The fourth-order valence-electron chi connectivity index (χ4n) is 2.18. The number of nitrogens with zero attached hydrogens (tertiary/aromatic N) is 3. The number of carboxylic acids is 1. The van der Waals surface area contributed by atoms with Gasteiger partial charge in [0.1, 0.15) is 5.82 Å². The van der Waals surface area contributed by atoms with Crippen LogP contribution in [0.3, 0.4) is 0 Å². The van der Waals surface area contributed by atoms with E-state index in [1.165, 1.54) is 0 Å². The summed E-state index contributed by atoms with van der Waals surface area (Å²) in [4.78, 5) is 21.3. The molecule has 0 amide bonds. The molecule has 6 nitrogen and oxygen atoms in total. The third-order valence-corrected chi connectivity index (χ3v) is 3.14. The summed E-state index contributed by atoms with van der Waals surface area (Å²) in [5, 5.41) is 9.96. The number of para-hydroxylation sites is 1. The lowest BCUT2D eigenvalue weighted by molar-refractivity contribution is 0.0684. The number of furan rings is 1. The van der Waals surface area contributed by atoms with Crippen LogP contribution in [0, 0.1) is 0 Å². The van der Waals surface area contributed by atoms with Gasteiger partial charge in [0.25, 0.3) is 0 Å². The van der Waals surface area contributed by atoms with Crippen LogP contribution >= 0.6 is 0 Å². The summed E-state index contributed by atoms with van der Waals surface area (Å²) in [5.74, 6) is -0.763. The van der Waals surface area contributed by atoms with E-state index in [0.717, 1.165) is 10.9 Å².